The monoisotopic (exact) mass is 223 g/mol. The Kier molecular flexibility index (Phi) is 4.06. The van der Waals surface area contributed by atoms with Crippen molar-refractivity contribution in [1.82, 2.24) is 5.32 Å². The van der Waals surface area contributed by atoms with Gasteiger partial charge >= 0.3 is 0 Å². The second kappa shape index (κ2) is 4.66. The van der Waals surface area contributed by atoms with Gasteiger partial charge in [0.15, 0.2) is 9.84 Å². The van der Waals surface area contributed by atoms with Crippen LogP contribution in [0.1, 0.15) is 13.3 Å². The lowest BCUT2D eigenvalue weighted by atomic mass is 10.2. The summed E-state index contributed by atoms with van der Waals surface area (Å²) in [6, 6.07) is 0.678. The van der Waals surface area contributed by atoms with Crippen LogP contribution in [0.25, 0.3) is 0 Å². The standard InChI is InChI=1S/C8H17NO2S2/c1-3-7(4-12-2)9-8-5-13(10,11)6-8/h7-9H,3-6H2,1-2H3. The SMILES string of the molecule is CCC(CSC)NC1CS(=O)(=O)C1. The normalized spacial score (nSPS) is 23.8. The summed E-state index contributed by atoms with van der Waals surface area (Å²) < 4.78 is 21.8. The molecule has 0 aliphatic carbocycles. The maximum Gasteiger partial charge on any atom is 0.153 e. The molecule has 0 saturated carbocycles. The van der Waals surface area contributed by atoms with Crippen LogP contribution < -0.4 is 5.32 Å². The summed E-state index contributed by atoms with van der Waals surface area (Å²) in [6.45, 7) is 2.13. The molecule has 0 amide bonds. The van der Waals surface area contributed by atoms with Gasteiger partial charge in [-0.2, -0.15) is 11.8 Å². The number of hydrogen-bond acceptors (Lipinski definition) is 4. The van der Waals surface area contributed by atoms with Gasteiger partial charge in [0.25, 0.3) is 0 Å². The van der Waals surface area contributed by atoms with E-state index in [2.05, 4.69) is 18.5 Å². The third-order valence-electron chi connectivity index (χ3n) is 2.24. The van der Waals surface area contributed by atoms with Crippen molar-refractivity contribution in [2.45, 2.75) is 25.4 Å². The highest BCUT2D eigenvalue weighted by Gasteiger charge is 2.33. The lowest BCUT2D eigenvalue weighted by Crippen LogP contribution is -2.54. The molecule has 0 spiro atoms. The maximum absolute atomic E-state index is 10.9. The van der Waals surface area contributed by atoms with Gasteiger partial charge in [-0.1, -0.05) is 6.92 Å². The number of nitrogens with one attached hydrogen (secondary N) is 1. The van der Waals surface area contributed by atoms with Gasteiger partial charge in [-0.05, 0) is 12.7 Å². The average molecular weight is 223 g/mol. The molecule has 1 unspecified atom stereocenters. The first-order valence-corrected chi connectivity index (χ1v) is 7.74. The van der Waals surface area contributed by atoms with Crippen molar-refractivity contribution in [2.75, 3.05) is 23.5 Å². The van der Waals surface area contributed by atoms with Gasteiger partial charge in [-0.25, -0.2) is 8.42 Å². The van der Waals surface area contributed by atoms with Crippen LogP contribution in [0.4, 0.5) is 0 Å². The Hall–Kier alpha value is 0.260. The molecule has 1 fully saturated rings. The van der Waals surface area contributed by atoms with E-state index in [-0.39, 0.29) is 6.04 Å². The molecule has 0 aromatic carbocycles. The fourth-order valence-corrected chi connectivity index (χ4v) is 3.53. The van der Waals surface area contributed by atoms with E-state index in [9.17, 15) is 8.42 Å². The van der Waals surface area contributed by atoms with E-state index in [0.29, 0.717) is 17.5 Å². The number of thioether (sulfide) groups is 1. The molecule has 1 atom stereocenters. The number of rotatable bonds is 5. The molecule has 1 rings (SSSR count). The minimum Gasteiger partial charge on any atom is -0.308 e. The first kappa shape index (κ1) is 11.3. The fourth-order valence-electron chi connectivity index (χ4n) is 1.48. The predicted molar refractivity (Wildman–Crippen MR) is 58.0 cm³/mol. The molecule has 1 aliphatic rings. The molecular weight excluding hydrogens is 206 g/mol. The minimum atomic E-state index is -2.67. The van der Waals surface area contributed by atoms with Gasteiger partial charge < -0.3 is 5.32 Å². The third-order valence-corrected chi connectivity index (χ3v) is 4.80. The zero-order valence-corrected chi connectivity index (χ0v) is 9.75. The highest BCUT2D eigenvalue weighted by molar-refractivity contribution is 7.98. The highest BCUT2D eigenvalue weighted by atomic mass is 32.2. The Balaban J connectivity index is 2.25. The number of hydrogen-bond donors (Lipinski definition) is 1. The molecular formula is C8H17NO2S2. The Morgan fingerprint density at radius 2 is 2.15 bits per heavy atom. The second-order valence-corrected chi connectivity index (χ2v) is 6.57. The first-order chi connectivity index (χ1) is 6.07. The van der Waals surface area contributed by atoms with Crippen LogP contribution in [0.5, 0.6) is 0 Å². The van der Waals surface area contributed by atoms with Crippen LogP contribution in [0, 0.1) is 0 Å². The predicted octanol–water partition coefficient (Wildman–Crippen LogP) is 0.515. The summed E-state index contributed by atoms with van der Waals surface area (Å²) in [5.74, 6) is 1.73. The van der Waals surface area contributed by atoms with Crippen molar-refractivity contribution in [3.8, 4) is 0 Å². The van der Waals surface area contributed by atoms with Crippen LogP contribution in [0.3, 0.4) is 0 Å². The van der Waals surface area contributed by atoms with Gasteiger partial charge in [0.1, 0.15) is 0 Å². The molecule has 3 nitrogen and oxygen atoms in total. The van der Waals surface area contributed by atoms with Crippen molar-refractivity contribution < 1.29 is 8.42 Å². The third kappa shape index (κ3) is 3.48. The van der Waals surface area contributed by atoms with Gasteiger partial charge in [-0.15, -0.1) is 0 Å². The Bertz CT molecular complexity index is 239. The van der Waals surface area contributed by atoms with Crippen LogP contribution in [-0.2, 0) is 9.84 Å². The number of sulfone groups is 1. The van der Waals surface area contributed by atoms with Crippen molar-refractivity contribution in [2.24, 2.45) is 0 Å². The van der Waals surface area contributed by atoms with Crippen LogP contribution in [0.15, 0.2) is 0 Å². The van der Waals surface area contributed by atoms with E-state index in [0.717, 1.165) is 12.2 Å². The van der Waals surface area contributed by atoms with Crippen molar-refractivity contribution in [3.63, 3.8) is 0 Å². The maximum atomic E-state index is 10.9. The summed E-state index contributed by atoms with van der Waals surface area (Å²) in [7, 11) is -2.67. The molecule has 1 aliphatic heterocycles. The molecule has 0 aromatic rings. The lowest BCUT2D eigenvalue weighted by Gasteiger charge is -2.30. The summed E-state index contributed by atoms with van der Waals surface area (Å²) in [5, 5.41) is 3.36. The van der Waals surface area contributed by atoms with Gasteiger partial charge in [0, 0.05) is 17.8 Å². The highest BCUT2D eigenvalue weighted by Crippen LogP contribution is 2.12. The zero-order valence-electron chi connectivity index (χ0n) is 8.12. The molecule has 13 heavy (non-hydrogen) atoms. The quantitative estimate of drug-likeness (QED) is 0.738. The molecule has 0 aromatic heterocycles. The van der Waals surface area contributed by atoms with Crippen LogP contribution >= 0.6 is 11.8 Å². The van der Waals surface area contributed by atoms with Gasteiger partial charge in [-0.3, -0.25) is 0 Å². The van der Waals surface area contributed by atoms with Crippen molar-refractivity contribution in [3.05, 3.63) is 0 Å². The van der Waals surface area contributed by atoms with E-state index >= 15 is 0 Å². The molecule has 1 heterocycles. The average Bonchev–Trinajstić information content (AvgIpc) is 2.00. The second-order valence-electron chi connectivity index (χ2n) is 3.50. The van der Waals surface area contributed by atoms with E-state index in [1.165, 1.54) is 0 Å². The van der Waals surface area contributed by atoms with Crippen LogP contribution in [-0.4, -0.2) is 44.0 Å². The molecule has 5 heteroatoms. The summed E-state index contributed by atoms with van der Waals surface area (Å²) in [6.07, 6.45) is 3.14. The van der Waals surface area contributed by atoms with E-state index in [4.69, 9.17) is 0 Å². The Morgan fingerprint density at radius 3 is 2.54 bits per heavy atom. The topological polar surface area (TPSA) is 46.2 Å². The zero-order chi connectivity index (χ0) is 9.90. The summed E-state index contributed by atoms with van der Waals surface area (Å²) in [5.41, 5.74) is 0. The first-order valence-electron chi connectivity index (χ1n) is 4.53. The van der Waals surface area contributed by atoms with E-state index in [1.807, 2.05) is 0 Å². The van der Waals surface area contributed by atoms with Crippen LogP contribution in [0.2, 0.25) is 0 Å². The van der Waals surface area contributed by atoms with E-state index in [1.54, 1.807) is 11.8 Å². The van der Waals surface area contributed by atoms with Crippen molar-refractivity contribution >= 4 is 21.6 Å². The van der Waals surface area contributed by atoms with E-state index < -0.39 is 9.84 Å². The Morgan fingerprint density at radius 1 is 1.54 bits per heavy atom. The van der Waals surface area contributed by atoms with Gasteiger partial charge in [0.05, 0.1) is 11.5 Å². The molecule has 0 radical (unpaired) electrons. The van der Waals surface area contributed by atoms with Gasteiger partial charge in [0.2, 0.25) is 0 Å². The summed E-state index contributed by atoms with van der Waals surface area (Å²) >= 11 is 1.80. The molecule has 1 N–H and O–H groups in total. The van der Waals surface area contributed by atoms with Crippen molar-refractivity contribution in [1.29, 1.82) is 0 Å². The summed E-state index contributed by atoms with van der Waals surface area (Å²) in [4.78, 5) is 0. The molecule has 1 saturated heterocycles. The smallest absolute Gasteiger partial charge is 0.153 e. The Labute approximate surface area is 84.6 Å². The largest absolute Gasteiger partial charge is 0.308 e. The lowest BCUT2D eigenvalue weighted by molar-refractivity contribution is 0.455. The minimum absolute atomic E-state index is 0.210. The molecule has 0 bridgehead atoms. The fraction of sp³-hybridized carbons (Fsp3) is 1.00. The molecule has 78 valence electrons.